The van der Waals surface area contributed by atoms with E-state index >= 15 is 0 Å². The molecule has 2 amide bonds. The molecule has 1 fully saturated rings. The number of imide groups is 1. The molecule has 0 aliphatic carbocycles. The number of β-lactam (4-membered cyclic amide) rings is 1. The van der Waals surface area contributed by atoms with Crippen molar-refractivity contribution < 1.29 is 9.59 Å². The van der Waals surface area contributed by atoms with Crippen LogP contribution in [0.4, 0.5) is 0 Å². The van der Waals surface area contributed by atoms with Gasteiger partial charge in [-0.25, -0.2) is 0 Å². The molecule has 3 nitrogen and oxygen atoms in total. The van der Waals surface area contributed by atoms with Gasteiger partial charge in [-0.1, -0.05) is 35.9 Å². The molecule has 4 heteroatoms. The first-order valence-corrected chi connectivity index (χ1v) is 5.76. The van der Waals surface area contributed by atoms with Crippen molar-refractivity contribution >= 4 is 29.5 Å². The van der Waals surface area contributed by atoms with Gasteiger partial charge in [0.15, 0.2) is 0 Å². The Morgan fingerprint density at radius 2 is 2.06 bits per heavy atom. The average Bonchev–Trinajstić information content (AvgIpc) is 2.26. The maximum absolute atomic E-state index is 11.3. The van der Waals surface area contributed by atoms with E-state index in [4.69, 9.17) is 11.6 Å². The molecule has 1 aliphatic rings. The van der Waals surface area contributed by atoms with E-state index in [0.717, 1.165) is 11.1 Å². The highest BCUT2D eigenvalue weighted by atomic mass is 35.5. The lowest BCUT2D eigenvalue weighted by atomic mass is 9.93. The van der Waals surface area contributed by atoms with Crippen molar-refractivity contribution in [2.24, 2.45) is 0 Å². The summed E-state index contributed by atoms with van der Waals surface area (Å²) in [5.74, 6) is -0.303. The van der Waals surface area contributed by atoms with Crippen LogP contribution < -0.4 is 0 Å². The second-order valence-corrected chi connectivity index (χ2v) is 4.21. The minimum absolute atomic E-state index is 0.103. The van der Waals surface area contributed by atoms with Crippen molar-refractivity contribution in [1.29, 1.82) is 0 Å². The fraction of sp³-hybridized carbons (Fsp3) is 0.231. The summed E-state index contributed by atoms with van der Waals surface area (Å²) in [7, 11) is 0. The molecule has 0 spiro atoms. The van der Waals surface area contributed by atoms with Crippen LogP contribution in [0.15, 0.2) is 29.8 Å². The molecule has 0 saturated carbocycles. The zero-order chi connectivity index (χ0) is 12.4. The van der Waals surface area contributed by atoms with Gasteiger partial charge in [-0.05, 0) is 17.2 Å². The van der Waals surface area contributed by atoms with Crippen molar-refractivity contribution in [3.05, 3.63) is 40.9 Å². The molecule has 1 aliphatic heterocycles. The fourth-order valence-electron chi connectivity index (χ4n) is 1.98. The molecule has 0 bridgehead atoms. The van der Waals surface area contributed by atoms with Crippen LogP contribution in [-0.2, 0) is 9.59 Å². The van der Waals surface area contributed by atoms with Gasteiger partial charge >= 0.3 is 0 Å². The van der Waals surface area contributed by atoms with E-state index in [9.17, 15) is 9.59 Å². The molecule has 0 N–H and O–H groups in total. The minimum atomic E-state index is -0.198. The van der Waals surface area contributed by atoms with Gasteiger partial charge in [0, 0.05) is 12.5 Å². The number of hydrogen-bond acceptors (Lipinski definition) is 2. The van der Waals surface area contributed by atoms with E-state index in [-0.39, 0.29) is 17.9 Å². The molecule has 1 heterocycles. The monoisotopic (exact) mass is 249 g/mol. The first-order valence-electron chi connectivity index (χ1n) is 5.33. The van der Waals surface area contributed by atoms with Crippen LogP contribution in [0.25, 0.3) is 6.08 Å². The smallest absolute Gasteiger partial charge is 0.232 e. The zero-order valence-electron chi connectivity index (χ0n) is 9.39. The molecule has 1 aromatic rings. The summed E-state index contributed by atoms with van der Waals surface area (Å²) in [5, 5.41) is 0. The van der Waals surface area contributed by atoms with Crippen molar-refractivity contribution in [3.63, 3.8) is 0 Å². The molecule has 0 aromatic heterocycles. The molecule has 0 radical (unpaired) electrons. The number of benzene rings is 1. The van der Waals surface area contributed by atoms with Gasteiger partial charge in [-0.3, -0.25) is 14.5 Å². The van der Waals surface area contributed by atoms with Crippen LogP contribution in [0, 0.1) is 0 Å². The van der Waals surface area contributed by atoms with Crippen LogP contribution in [0.2, 0.25) is 0 Å². The van der Waals surface area contributed by atoms with Crippen LogP contribution in [0.3, 0.4) is 0 Å². The van der Waals surface area contributed by atoms with Crippen LogP contribution in [0.5, 0.6) is 0 Å². The first-order chi connectivity index (χ1) is 8.13. The molecular formula is C13H12ClNO2. The fourth-order valence-corrected chi connectivity index (χ4v) is 2.13. The van der Waals surface area contributed by atoms with Gasteiger partial charge < -0.3 is 0 Å². The molecular weight excluding hydrogens is 238 g/mol. The van der Waals surface area contributed by atoms with E-state index in [1.807, 2.05) is 24.3 Å². The lowest BCUT2D eigenvalue weighted by Crippen LogP contribution is -2.48. The van der Waals surface area contributed by atoms with Crippen molar-refractivity contribution in [2.75, 3.05) is 0 Å². The van der Waals surface area contributed by atoms with E-state index in [1.165, 1.54) is 17.4 Å². The lowest BCUT2D eigenvalue weighted by molar-refractivity contribution is -0.157. The third kappa shape index (κ3) is 2.24. The Labute approximate surface area is 105 Å². The maximum Gasteiger partial charge on any atom is 0.232 e. The van der Waals surface area contributed by atoms with Crippen molar-refractivity contribution in [3.8, 4) is 0 Å². The number of rotatable bonds is 2. The molecule has 17 heavy (non-hydrogen) atoms. The van der Waals surface area contributed by atoms with Gasteiger partial charge in [0.2, 0.25) is 11.8 Å². The highest BCUT2D eigenvalue weighted by Gasteiger charge is 2.39. The topological polar surface area (TPSA) is 37.4 Å². The Morgan fingerprint density at radius 1 is 1.41 bits per heavy atom. The van der Waals surface area contributed by atoms with Crippen molar-refractivity contribution in [1.82, 2.24) is 4.90 Å². The quantitative estimate of drug-likeness (QED) is 0.756. The molecule has 1 atom stereocenters. The van der Waals surface area contributed by atoms with E-state index in [2.05, 4.69) is 0 Å². The number of hydrogen-bond donors (Lipinski definition) is 0. The SMILES string of the molecule is CC(=O)N1C(=O)CC1c1ccc(C=CCl)cc1. The van der Waals surface area contributed by atoms with Gasteiger partial charge in [-0.15, -0.1) is 0 Å². The van der Waals surface area contributed by atoms with Gasteiger partial charge in [0.25, 0.3) is 0 Å². The Kier molecular flexibility index (Phi) is 3.29. The number of carbonyl (C=O) groups is 2. The summed E-state index contributed by atoms with van der Waals surface area (Å²) < 4.78 is 0. The first kappa shape index (κ1) is 11.9. The van der Waals surface area contributed by atoms with Crippen LogP contribution in [-0.4, -0.2) is 16.7 Å². The summed E-state index contributed by atoms with van der Waals surface area (Å²) in [6.07, 6.45) is 2.18. The largest absolute Gasteiger partial charge is 0.275 e. The second kappa shape index (κ2) is 4.72. The molecule has 1 saturated heterocycles. The van der Waals surface area contributed by atoms with Crippen LogP contribution in [0.1, 0.15) is 30.5 Å². The predicted molar refractivity (Wildman–Crippen MR) is 66.2 cm³/mol. The summed E-state index contributed by atoms with van der Waals surface area (Å²) in [4.78, 5) is 23.9. The van der Waals surface area contributed by atoms with Crippen molar-refractivity contribution in [2.45, 2.75) is 19.4 Å². The lowest BCUT2D eigenvalue weighted by Gasteiger charge is -2.38. The highest BCUT2D eigenvalue weighted by molar-refractivity contribution is 6.27. The zero-order valence-corrected chi connectivity index (χ0v) is 10.1. The average molecular weight is 250 g/mol. The van der Waals surface area contributed by atoms with E-state index in [1.54, 1.807) is 6.08 Å². The number of carbonyl (C=O) groups excluding carboxylic acids is 2. The van der Waals surface area contributed by atoms with Crippen LogP contribution >= 0.6 is 11.6 Å². The third-order valence-electron chi connectivity index (χ3n) is 2.86. The Morgan fingerprint density at radius 3 is 2.53 bits per heavy atom. The molecule has 1 unspecified atom stereocenters. The predicted octanol–water partition coefficient (Wildman–Crippen LogP) is 2.72. The van der Waals surface area contributed by atoms with Gasteiger partial charge in [-0.2, -0.15) is 0 Å². The summed E-state index contributed by atoms with van der Waals surface area (Å²) in [5.41, 5.74) is 3.42. The highest BCUT2D eigenvalue weighted by Crippen LogP contribution is 2.34. The number of likely N-dealkylation sites (tertiary alicyclic amines) is 1. The summed E-state index contributed by atoms with van der Waals surface area (Å²) in [6.45, 7) is 1.41. The second-order valence-electron chi connectivity index (χ2n) is 3.96. The summed E-state index contributed by atoms with van der Waals surface area (Å²) >= 11 is 5.48. The normalized spacial score (nSPS) is 19.5. The number of nitrogens with zero attached hydrogens (tertiary/aromatic N) is 1. The van der Waals surface area contributed by atoms with E-state index < -0.39 is 0 Å². The van der Waals surface area contributed by atoms with E-state index in [0.29, 0.717) is 6.42 Å². The molecule has 1 aromatic carbocycles. The summed E-state index contributed by atoms with van der Waals surface area (Å²) in [6, 6.07) is 7.55. The Bertz CT molecular complexity index is 471. The third-order valence-corrected chi connectivity index (χ3v) is 2.99. The van der Waals surface area contributed by atoms with Gasteiger partial charge in [0.05, 0.1) is 12.5 Å². The standard InChI is InChI=1S/C13H12ClNO2/c1-9(16)15-12(8-13(15)17)11-4-2-10(3-5-11)6-7-14/h2-7,12H,8H2,1H3. The number of amides is 2. The Balaban J connectivity index is 2.18. The maximum atomic E-state index is 11.3. The Hall–Kier alpha value is -1.61. The number of halogens is 1. The minimum Gasteiger partial charge on any atom is -0.275 e. The molecule has 88 valence electrons. The van der Waals surface area contributed by atoms with Gasteiger partial charge in [0.1, 0.15) is 0 Å². The molecule has 2 rings (SSSR count).